The van der Waals surface area contributed by atoms with Gasteiger partial charge in [-0.2, -0.15) is 0 Å². The molecule has 0 bridgehead atoms. The Kier molecular flexibility index (Phi) is 5.45. The Balaban J connectivity index is 2.65. The molecule has 1 atom stereocenters. The van der Waals surface area contributed by atoms with E-state index in [0.717, 1.165) is 11.3 Å². The van der Waals surface area contributed by atoms with Crippen LogP contribution in [0.4, 0.5) is 0 Å². The minimum atomic E-state index is -0.402. The number of aryl methyl sites for hydroxylation is 1. The predicted octanol–water partition coefficient (Wildman–Crippen LogP) is 1.07. The van der Waals surface area contributed by atoms with Gasteiger partial charge in [-0.15, -0.1) is 11.3 Å². The van der Waals surface area contributed by atoms with Gasteiger partial charge in [-0.25, -0.2) is 0 Å². The zero-order valence-electron chi connectivity index (χ0n) is 9.66. The third-order valence-electron chi connectivity index (χ3n) is 2.25. The molecular weight excluding hydrogens is 224 g/mol. The number of hydrogen-bond acceptors (Lipinski definition) is 4. The van der Waals surface area contributed by atoms with Crippen molar-refractivity contribution in [3.8, 4) is 0 Å². The molecule has 4 nitrogen and oxygen atoms in total. The maximum atomic E-state index is 11.3. The van der Waals surface area contributed by atoms with Crippen molar-refractivity contribution in [3.63, 3.8) is 0 Å². The van der Waals surface area contributed by atoms with Gasteiger partial charge in [0.05, 0.1) is 6.61 Å². The number of rotatable bonds is 7. The molecule has 0 fully saturated rings. The number of primary amides is 1. The topological polar surface area (TPSA) is 64.3 Å². The molecule has 90 valence electrons. The number of amides is 1. The summed E-state index contributed by atoms with van der Waals surface area (Å²) in [5.74, 6) is -0.347. The lowest BCUT2D eigenvalue weighted by atomic mass is 10.2. The van der Waals surface area contributed by atoms with Crippen LogP contribution >= 0.6 is 11.3 Å². The summed E-state index contributed by atoms with van der Waals surface area (Å²) < 4.78 is 4.92. The van der Waals surface area contributed by atoms with Crippen LogP contribution in [-0.4, -0.2) is 26.2 Å². The fourth-order valence-electron chi connectivity index (χ4n) is 1.39. The highest BCUT2D eigenvalue weighted by Crippen LogP contribution is 2.23. The maximum absolute atomic E-state index is 11.3. The summed E-state index contributed by atoms with van der Waals surface area (Å²) in [6.07, 6.45) is 0.980. The first-order chi connectivity index (χ1) is 7.69. The minimum Gasteiger partial charge on any atom is -0.383 e. The molecule has 0 aliphatic rings. The van der Waals surface area contributed by atoms with Crippen molar-refractivity contribution in [2.75, 3.05) is 20.3 Å². The standard InChI is InChI=1S/C11H18N2O2S/c1-3-8-4-5-9(16-8)10(11(12)14)13-6-7-15-2/h4-5,10,13H,3,6-7H2,1-2H3,(H2,12,14). The van der Waals surface area contributed by atoms with Gasteiger partial charge >= 0.3 is 0 Å². The number of nitrogens with one attached hydrogen (secondary N) is 1. The zero-order valence-corrected chi connectivity index (χ0v) is 10.5. The molecule has 0 aliphatic carbocycles. The van der Waals surface area contributed by atoms with Crippen LogP contribution in [0.15, 0.2) is 12.1 Å². The van der Waals surface area contributed by atoms with E-state index < -0.39 is 6.04 Å². The third kappa shape index (κ3) is 3.59. The Bertz CT molecular complexity index is 338. The number of carbonyl (C=O) groups is 1. The molecule has 0 spiro atoms. The van der Waals surface area contributed by atoms with Crippen molar-refractivity contribution in [2.24, 2.45) is 5.73 Å². The fourth-order valence-corrected chi connectivity index (χ4v) is 2.42. The van der Waals surface area contributed by atoms with Gasteiger partial charge in [0.15, 0.2) is 0 Å². The molecular formula is C11H18N2O2S. The monoisotopic (exact) mass is 242 g/mol. The van der Waals surface area contributed by atoms with Crippen molar-refractivity contribution in [2.45, 2.75) is 19.4 Å². The lowest BCUT2D eigenvalue weighted by Gasteiger charge is -2.13. The molecule has 0 saturated heterocycles. The average Bonchev–Trinajstić information content (AvgIpc) is 2.72. The molecule has 1 aromatic rings. The molecule has 5 heteroatoms. The van der Waals surface area contributed by atoms with Crippen LogP contribution in [0.2, 0.25) is 0 Å². The summed E-state index contributed by atoms with van der Waals surface area (Å²) in [6.45, 7) is 3.27. The first-order valence-electron chi connectivity index (χ1n) is 5.29. The summed E-state index contributed by atoms with van der Waals surface area (Å²) >= 11 is 1.62. The first-order valence-corrected chi connectivity index (χ1v) is 6.11. The average molecular weight is 242 g/mol. The van der Waals surface area contributed by atoms with Crippen LogP contribution in [0, 0.1) is 0 Å². The summed E-state index contributed by atoms with van der Waals surface area (Å²) in [5, 5.41) is 3.08. The highest BCUT2D eigenvalue weighted by Gasteiger charge is 2.18. The van der Waals surface area contributed by atoms with Gasteiger partial charge in [0.1, 0.15) is 6.04 Å². The Morgan fingerprint density at radius 1 is 1.62 bits per heavy atom. The number of thiophene rings is 1. The second kappa shape index (κ2) is 6.62. The number of methoxy groups -OCH3 is 1. The molecule has 1 heterocycles. The Morgan fingerprint density at radius 3 is 2.88 bits per heavy atom. The van der Waals surface area contributed by atoms with Crippen LogP contribution in [-0.2, 0) is 16.0 Å². The van der Waals surface area contributed by atoms with Gasteiger partial charge < -0.3 is 10.5 Å². The Morgan fingerprint density at radius 2 is 2.38 bits per heavy atom. The zero-order chi connectivity index (χ0) is 12.0. The number of ether oxygens (including phenoxy) is 1. The van der Waals surface area contributed by atoms with Crippen molar-refractivity contribution >= 4 is 17.2 Å². The van der Waals surface area contributed by atoms with E-state index in [4.69, 9.17) is 10.5 Å². The van der Waals surface area contributed by atoms with Crippen molar-refractivity contribution in [1.82, 2.24) is 5.32 Å². The summed E-state index contributed by atoms with van der Waals surface area (Å²) in [7, 11) is 1.63. The molecule has 1 amide bonds. The van der Waals surface area contributed by atoms with E-state index >= 15 is 0 Å². The number of hydrogen-bond donors (Lipinski definition) is 2. The maximum Gasteiger partial charge on any atom is 0.239 e. The van der Waals surface area contributed by atoms with E-state index in [1.807, 2.05) is 12.1 Å². The van der Waals surface area contributed by atoms with Crippen molar-refractivity contribution in [3.05, 3.63) is 21.9 Å². The van der Waals surface area contributed by atoms with Crippen molar-refractivity contribution < 1.29 is 9.53 Å². The lowest BCUT2D eigenvalue weighted by molar-refractivity contribution is -0.120. The highest BCUT2D eigenvalue weighted by atomic mass is 32.1. The van der Waals surface area contributed by atoms with Gasteiger partial charge in [-0.3, -0.25) is 10.1 Å². The van der Waals surface area contributed by atoms with Crippen LogP contribution in [0.5, 0.6) is 0 Å². The molecule has 1 aromatic heterocycles. The van der Waals surface area contributed by atoms with E-state index in [1.165, 1.54) is 4.88 Å². The smallest absolute Gasteiger partial charge is 0.239 e. The van der Waals surface area contributed by atoms with Gasteiger partial charge in [-0.1, -0.05) is 6.92 Å². The van der Waals surface area contributed by atoms with Crippen molar-refractivity contribution in [1.29, 1.82) is 0 Å². The summed E-state index contributed by atoms with van der Waals surface area (Å²) in [5.41, 5.74) is 5.37. The van der Waals surface area contributed by atoms with E-state index in [0.29, 0.717) is 13.2 Å². The SMILES string of the molecule is CCc1ccc(C(NCCOC)C(N)=O)s1. The molecule has 16 heavy (non-hydrogen) atoms. The molecule has 0 aliphatic heterocycles. The predicted molar refractivity (Wildman–Crippen MR) is 65.5 cm³/mol. The first kappa shape index (κ1) is 13.2. The molecule has 1 unspecified atom stereocenters. The fraction of sp³-hybridized carbons (Fsp3) is 0.545. The second-order valence-electron chi connectivity index (χ2n) is 3.44. The normalized spacial score (nSPS) is 12.6. The van der Waals surface area contributed by atoms with Crippen LogP contribution in [0.3, 0.4) is 0 Å². The molecule has 3 N–H and O–H groups in total. The summed E-state index contributed by atoms with van der Waals surface area (Å²) in [6, 6.07) is 3.59. The van der Waals surface area contributed by atoms with Gasteiger partial charge in [-0.05, 0) is 18.6 Å². The van der Waals surface area contributed by atoms with Gasteiger partial charge in [0.25, 0.3) is 0 Å². The Hall–Kier alpha value is -0.910. The van der Waals surface area contributed by atoms with Gasteiger partial charge in [0, 0.05) is 23.4 Å². The molecule has 0 radical (unpaired) electrons. The van der Waals surface area contributed by atoms with Crippen LogP contribution in [0.1, 0.15) is 22.7 Å². The number of nitrogens with two attached hydrogens (primary N) is 1. The molecule has 0 aromatic carbocycles. The largest absolute Gasteiger partial charge is 0.383 e. The molecule has 1 rings (SSSR count). The second-order valence-corrected chi connectivity index (χ2v) is 4.64. The lowest BCUT2D eigenvalue weighted by Crippen LogP contribution is -2.34. The molecule has 0 saturated carbocycles. The Labute approximate surface area is 99.8 Å². The van der Waals surface area contributed by atoms with E-state index in [9.17, 15) is 4.79 Å². The minimum absolute atomic E-state index is 0.347. The third-order valence-corrected chi connectivity index (χ3v) is 3.55. The van der Waals surface area contributed by atoms with E-state index in [-0.39, 0.29) is 5.91 Å². The van der Waals surface area contributed by atoms with Crippen LogP contribution in [0.25, 0.3) is 0 Å². The number of carbonyl (C=O) groups excluding carboxylic acids is 1. The highest BCUT2D eigenvalue weighted by molar-refractivity contribution is 7.12. The summed E-state index contributed by atoms with van der Waals surface area (Å²) in [4.78, 5) is 13.5. The van der Waals surface area contributed by atoms with E-state index in [1.54, 1.807) is 18.4 Å². The van der Waals surface area contributed by atoms with Gasteiger partial charge in [0.2, 0.25) is 5.91 Å². The van der Waals surface area contributed by atoms with E-state index in [2.05, 4.69) is 12.2 Å². The van der Waals surface area contributed by atoms with Crippen LogP contribution < -0.4 is 11.1 Å². The quantitative estimate of drug-likeness (QED) is 0.703.